The van der Waals surface area contributed by atoms with Crippen molar-refractivity contribution in [2.24, 2.45) is 5.73 Å². The zero-order valence-electron chi connectivity index (χ0n) is 36.2. The van der Waals surface area contributed by atoms with E-state index in [2.05, 4.69) is 19.7 Å². The largest absolute Gasteiger partial charge is 0.508 e. The van der Waals surface area contributed by atoms with Gasteiger partial charge in [-0.3, -0.25) is 66.6 Å². The molecule has 0 spiro atoms. The lowest BCUT2D eigenvalue weighted by Crippen LogP contribution is -2.62. The first-order valence-electron chi connectivity index (χ1n) is 19.7. The quantitative estimate of drug-likeness (QED) is 0.0230. The Kier molecular flexibility index (Phi) is 24.7. The van der Waals surface area contributed by atoms with Crippen LogP contribution in [0.15, 0.2) is 24.3 Å². The number of aromatic hydroxyl groups is 1. The standard InChI is InChI=1S/C35H50N8O25P2/c1-15(68-70(64,65)66)28(35(60)41-22(12-27(52)53)32(57)38-18(29(36)54)6-8-24(46)47)43-34(59)23(13-67-69(61,62)63)42-30(55)19(7-9-25(48)49)39-33(58)21(11-26(50)51)40-31(56)20(37-14-44)10-16-2-4-17(45)5-3-16/h2-5,14-15,18-23,28,45H,6-13H2,1H3,(H2,36,54)(H,37,44)(H,38,57)(H,39,58)(H,40,56)(H,41,60)(H,42,55)(H,43,59)(H,46,47)(H,48,49)(H,50,51)(H,52,53)(H2,61,62,63)(H2,64,65,66)/t15-,18+,19+,20+,21+,22+,23+,28+/m1/s1. The second-order valence-electron chi connectivity index (χ2n) is 14.6. The normalized spacial score (nSPS) is 14.8. The van der Waals surface area contributed by atoms with Crippen LogP contribution in [0.3, 0.4) is 0 Å². The molecule has 70 heavy (non-hydrogen) atoms. The average Bonchev–Trinajstić information content (AvgIpc) is 3.22. The molecule has 0 unspecified atom stereocenters. The van der Waals surface area contributed by atoms with Crippen molar-refractivity contribution in [2.75, 3.05) is 6.61 Å². The molecule has 0 aliphatic carbocycles. The van der Waals surface area contributed by atoms with Gasteiger partial charge in [-0.25, -0.2) is 9.13 Å². The highest BCUT2D eigenvalue weighted by Gasteiger charge is 2.39. The molecule has 0 radical (unpaired) electrons. The third kappa shape index (κ3) is 24.2. The number of hydrogen-bond donors (Lipinski definition) is 17. The van der Waals surface area contributed by atoms with Gasteiger partial charge in [-0.15, -0.1) is 0 Å². The van der Waals surface area contributed by atoms with Gasteiger partial charge in [0.2, 0.25) is 47.8 Å². The number of phosphoric acid groups is 2. The summed E-state index contributed by atoms with van der Waals surface area (Å²) in [6.45, 7) is -0.874. The predicted octanol–water partition coefficient (Wildman–Crippen LogP) is -6.27. The fraction of sp³-hybridized carbons (Fsp3) is 0.486. The Balaban J connectivity index is 3.64. The first-order chi connectivity index (χ1) is 32.3. The van der Waals surface area contributed by atoms with Crippen molar-refractivity contribution in [1.82, 2.24) is 37.2 Å². The van der Waals surface area contributed by atoms with Crippen molar-refractivity contribution in [3.05, 3.63) is 29.8 Å². The van der Waals surface area contributed by atoms with Crippen LogP contribution < -0.4 is 43.0 Å². The van der Waals surface area contributed by atoms with E-state index in [1.165, 1.54) is 24.3 Å². The minimum Gasteiger partial charge on any atom is -0.508 e. The summed E-state index contributed by atoms with van der Waals surface area (Å²) in [6.07, 6.45) is -8.24. The summed E-state index contributed by atoms with van der Waals surface area (Å²) in [5.41, 5.74) is 5.53. The van der Waals surface area contributed by atoms with Gasteiger partial charge in [0.25, 0.3) is 0 Å². The Morgan fingerprint density at radius 3 is 1.44 bits per heavy atom. The number of hydrogen-bond acceptors (Lipinski definition) is 17. The zero-order valence-corrected chi connectivity index (χ0v) is 38.0. The number of phenolic OH excluding ortho intramolecular Hbond substituents is 1. The zero-order chi connectivity index (χ0) is 53.7. The van der Waals surface area contributed by atoms with Gasteiger partial charge < -0.3 is 88.1 Å². The summed E-state index contributed by atoms with van der Waals surface area (Å²) in [4.78, 5) is 188. The number of primary amides is 1. The molecular formula is C35H50N8O25P2. The van der Waals surface area contributed by atoms with E-state index >= 15 is 0 Å². The number of carbonyl (C=O) groups excluding carboxylic acids is 8. The third-order valence-electron chi connectivity index (χ3n) is 8.97. The van der Waals surface area contributed by atoms with E-state index in [0.29, 0.717) is 12.5 Å². The lowest BCUT2D eigenvalue weighted by molar-refractivity contribution is -0.142. The van der Waals surface area contributed by atoms with Crippen molar-refractivity contribution >= 4 is 87.3 Å². The number of rotatable bonds is 33. The molecule has 18 N–H and O–H groups in total. The lowest BCUT2D eigenvalue weighted by Gasteiger charge is -2.29. The second-order valence-corrected chi connectivity index (χ2v) is 17.0. The van der Waals surface area contributed by atoms with E-state index in [1.54, 1.807) is 10.6 Å². The van der Waals surface area contributed by atoms with Gasteiger partial charge in [0.15, 0.2) is 0 Å². The Morgan fingerprint density at radius 1 is 0.586 bits per heavy atom. The molecule has 0 aliphatic rings. The van der Waals surface area contributed by atoms with Crippen LogP contribution in [0.5, 0.6) is 5.75 Å². The Hall–Kier alpha value is -7.12. The number of carboxylic acids is 4. The molecule has 0 saturated heterocycles. The molecule has 0 heterocycles. The summed E-state index contributed by atoms with van der Waals surface area (Å²) in [5.74, 6) is -17.4. The minimum atomic E-state index is -5.64. The number of aliphatic carboxylic acids is 4. The third-order valence-corrected chi connectivity index (χ3v) is 10.1. The van der Waals surface area contributed by atoms with Gasteiger partial charge in [-0.1, -0.05) is 12.1 Å². The Bertz CT molecular complexity index is 2200. The number of benzene rings is 1. The number of phenols is 1. The van der Waals surface area contributed by atoms with E-state index in [9.17, 15) is 107 Å². The Morgan fingerprint density at radius 2 is 1.00 bits per heavy atom. The number of nitrogens with two attached hydrogens (primary N) is 1. The van der Waals surface area contributed by atoms with Gasteiger partial charge in [-0.2, -0.15) is 0 Å². The smallest absolute Gasteiger partial charge is 0.469 e. The topological polar surface area (TPSA) is 550 Å². The number of amides is 8. The van der Waals surface area contributed by atoms with E-state index in [-0.39, 0.29) is 18.6 Å². The van der Waals surface area contributed by atoms with E-state index in [1.807, 2.05) is 16.0 Å². The summed E-state index contributed by atoms with van der Waals surface area (Å²) < 4.78 is 32.2. The fourth-order valence-corrected chi connectivity index (χ4v) is 6.57. The molecule has 1 aromatic rings. The van der Waals surface area contributed by atoms with Crippen molar-refractivity contribution < 1.29 is 121 Å². The molecule has 1 rings (SSSR count). The van der Waals surface area contributed by atoms with Crippen LogP contribution in [0.25, 0.3) is 0 Å². The molecule has 0 bridgehead atoms. The number of phosphoric ester groups is 2. The maximum atomic E-state index is 13.8. The molecule has 0 aliphatic heterocycles. The second kappa shape index (κ2) is 28.4. The van der Waals surface area contributed by atoms with Gasteiger partial charge in [0.1, 0.15) is 48.0 Å². The molecule has 0 aromatic heterocycles. The maximum absolute atomic E-state index is 13.8. The van der Waals surface area contributed by atoms with Crippen LogP contribution in [0, 0.1) is 0 Å². The van der Waals surface area contributed by atoms with Gasteiger partial charge >= 0.3 is 39.5 Å². The van der Waals surface area contributed by atoms with Crippen molar-refractivity contribution in [3.8, 4) is 5.75 Å². The average molecular weight is 1040 g/mol. The van der Waals surface area contributed by atoms with Crippen LogP contribution in [0.4, 0.5) is 0 Å². The van der Waals surface area contributed by atoms with Crippen LogP contribution in [0.1, 0.15) is 51.0 Å². The van der Waals surface area contributed by atoms with Crippen LogP contribution in [0.2, 0.25) is 0 Å². The van der Waals surface area contributed by atoms with E-state index in [0.717, 1.165) is 0 Å². The van der Waals surface area contributed by atoms with Crippen LogP contribution >= 0.6 is 15.6 Å². The predicted molar refractivity (Wildman–Crippen MR) is 224 cm³/mol. The van der Waals surface area contributed by atoms with Crippen LogP contribution in [-0.2, 0) is 82.1 Å². The molecule has 33 nitrogen and oxygen atoms in total. The molecule has 8 atom stereocenters. The summed E-state index contributed by atoms with van der Waals surface area (Å²) in [7, 11) is -11.2. The summed E-state index contributed by atoms with van der Waals surface area (Å²) in [5, 5.41) is 60.3. The highest BCUT2D eigenvalue weighted by molar-refractivity contribution is 7.46. The Labute approximate surface area is 393 Å². The molecule has 1 aromatic carbocycles. The van der Waals surface area contributed by atoms with E-state index in [4.69, 9.17) is 10.8 Å². The fourth-order valence-electron chi connectivity index (χ4n) is 5.67. The van der Waals surface area contributed by atoms with Gasteiger partial charge in [0, 0.05) is 19.3 Å². The summed E-state index contributed by atoms with van der Waals surface area (Å²) >= 11 is 0. The molecule has 0 fully saturated rings. The molecule has 35 heteroatoms. The molecule has 390 valence electrons. The van der Waals surface area contributed by atoms with Crippen molar-refractivity contribution in [1.29, 1.82) is 0 Å². The van der Waals surface area contributed by atoms with Crippen molar-refractivity contribution in [2.45, 2.75) is 100 Å². The first kappa shape index (κ1) is 60.9. The molecule has 0 saturated carbocycles. The van der Waals surface area contributed by atoms with E-state index < -0.39 is 174 Å². The maximum Gasteiger partial charge on any atom is 0.469 e. The SMILES string of the molecule is C[C@@H](OP(=O)(O)O)[C@H](NC(=O)[C@H](COP(=O)(O)O)NC(=O)[C@H](CCC(=O)O)NC(=O)[C@H](CC(=O)O)NC(=O)[C@H](Cc1ccc(O)cc1)NC=O)C(=O)N[C@@H](CC(=O)O)C(=O)N[C@@H](CCC(=O)O)C(N)=O. The monoisotopic (exact) mass is 1040 g/mol. The summed E-state index contributed by atoms with van der Waals surface area (Å²) in [6, 6.07) is -9.59. The van der Waals surface area contributed by atoms with Crippen molar-refractivity contribution in [3.63, 3.8) is 0 Å². The number of nitrogens with one attached hydrogen (secondary N) is 7. The highest BCUT2D eigenvalue weighted by atomic mass is 31.2. The molecule has 8 amide bonds. The first-order valence-corrected chi connectivity index (χ1v) is 22.8. The number of carbonyl (C=O) groups is 12. The lowest BCUT2D eigenvalue weighted by atomic mass is 10.0. The van der Waals surface area contributed by atoms with Gasteiger partial charge in [-0.05, 0) is 37.5 Å². The minimum absolute atomic E-state index is 0.0952. The van der Waals surface area contributed by atoms with Crippen LogP contribution in [-0.4, -0.2) is 172 Å². The number of carboxylic acid groups (broad SMARTS) is 4. The highest BCUT2D eigenvalue weighted by Crippen LogP contribution is 2.38. The molecular weight excluding hydrogens is 994 g/mol. The van der Waals surface area contributed by atoms with Gasteiger partial charge in [0.05, 0.1) is 25.6 Å².